The quantitative estimate of drug-likeness (QED) is 0.458. The van der Waals surface area contributed by atoms with E-state index >= 15 is 0 Å². The third kappa shape index (κ3) is 2.12. The number of rotatable bonds is 3. The first kappa shape index (κ1) is 13.9. The molecule has 0 aromatic heterocycles. The molecule has 0 N–H and O–H groups in total. The summed E-state index contributed by atoms with van der Waals surface area (Å²) in [4.78, 5) is 0. The van der Waals surface area contributed by atoms with Gasteiger partial charge in [0.05, 0.1) is 0 Å². The number of hydrogen-bond donors (Lipinski definition) is 3. The van der Waals surface area contributed by atoms with Gasteiger partial charge in [0.1, 0.15) is 0 Å². The van der Waals surface area contributed by atoms with Crippen molar-refractivity contribution in [1.29, 1.82) is 0 Å². The summed E-state index contributed by atoms with van der Waals surface area (Å²) in [6.07, 6.45) is 3.90. The molecule has 3 saturated heterocycles. The summed E-state index contributed by atoms with van der Waals surface area (Å²) in [5.41, 5.74) is 0. The molecule has 0 nitrogen and oxygen atoms in total. The summed E-state index contributed by atoms with van der Waals surface area (Å²) in [6, 6.07) is 0. The minimum atomic E-state index is -1.64. The Bertz CT molecular complexity index is 249. The summed E-state index contributed by atoms with van der Waals surface area (Å²) in [6.45, 7) is 0. The van der Waals surface area contributed by atoms with Crippen LogP contribution in [0.15, 0.2) is 0 Å². The molecule has 3 atom stereocenters. The molecule has 3 unspecified atom stereocenters. The Hall–Kier alpha value is 2.92. The van der Waals surface area contributed by atoms with Gasteiger partial charge < -0.3 is 0 Å². The van der Waals surface area contributed by atoms with E-state index in [9.17, 15) is 0 Å². The molecule has 0 aromatic carbocycles. The van der Waals surface area contributed by atoms with Gasteiger partial charge in [0.2, 0.25) is 0 Å². The molecular formula is C9H15S6Sb. The van der Waals surface area contributed by atoms with Crippen LogP contribution in [0.3, 0.4) is 0 Å². The average Bonchev–Trinajstić information content (AvgIpc) is 2.10. The van der Waals surface area contributed by atoms with Gasteiger partial charge in [-0.15, -0.1) is 0 Å². The molecule has 0 radical (unpaired) electrons. The molecule has 3 heterocycles. The molecule has 0 amide bonds. The van der Waals surface area contributed by atoms with Gasteiger partial charge in [-0.3, -0.25) is 0 Å². The maximum atomic E-state index is 5.05. The summed E-state index contributed by atoms with van der Waals surface area (Å²) < 4.78 is 0.938. The van der Waals surface area contributed by atoms with E-state index in [-0.39, 0.29) is 0 Å². The Morgan fingerprint density at radius 1 is 0.688 bits per heavy atom. The summed E-state index contributed by atoms with van der Waals surface area (Å²) in [5.74, 6) is 3.90. The Morgan fingerprint density at radius 2 is 0.938 bits per heavy atom. The van der Waals surface area contributed by atoms with Gasteiger partial charge >= 0.3 is 136 Å². The second-order valence-electron chi connectivity index (χ2n) is 4.36. The van der Waals surface area contributed by atoms with E-state index in [0.717, 1.165) is 0 Å². The SMILES string of the molecule is S[C]1([Sb]([C]2(S)CCS2)[C]2(S)CCS2)CCS1. The molecular weight excluding hydrogens is 422 g/mol. The van der Waals surface area contributed by atoms with Crippen molar-refractivity contribution in [2.24, 2.45) is 0 Å². The summed E-state index contributed by atoms with van der Waals surface area (Å²) in [5, 5.41) is 0. The molecule has 92 valence electrons. The van der Waals surface area contributed by atoms with Crippen LogP contribution in [0.5, 0.6) is 0 Å². The van der Waals surface area contributed by atoms with Crippen molar-refractivity contribution in [2.45, 2.75) is 25.3 Å². The van der Waals surface area contributed by atoms with Crippen LogP contribution in [-0.2, 0) is 0 Å². The second kappa shape index (κ2) is 4.73. The van der Waals surface area contributed by atoms with Crippen LogP contribution < -0.4 is 0 Å². The third-order valence-corrected chi connectivity index (χ3v) is 27.3. The Balaban J connectivity index is 1.88. The Labute approximate surface area is 134 Å². The Kier molecular flexibility index (Phi) is 4.11. The molecule has 0 saturated carbocycles. The number of thiol groups is 3. The van der Waals surface area contributed by atoms with Gasteiger partial charge in [-0.25, -0.2) is 0 Å². The van der Waals surface area contributed by atoms with Gasteiger partial charge in [0.25, 0.3) is 0 Å². The predicted octanol–water partition coefficient (Wildman–Crippen LogP) is 3.39. The zero-order valence-corrected chi connectivity index (χ0v) is 16.4. The molecule has 16 heavy (non-hydrogen) atoms. The van der Waals surface area contributed by atoms with Crippen molar-refractivity contribution >= 4 is 93.4 Å². The van der Waals surface area contributed by atoms with Gasteiger partial charge in [0.15, 0.2) is 0 Å². The van der Waals surface area contributed by atoms with Crippen LogP contribution in [0.1, 0.15) is 19.3 Å². The van der Waals surface area contributed by atoms with Crippen molar-refractivity contribution in [3.8, 4) is 0 Å². The molecule has 0 aliphatic carbocycles. The van der Waals surface area contributed by atoms with Crippen LogP contribution in [0.4, 0.5) is 0 Å². The van der Waals surface area contributed by atoms with E-state index in [1.54, 1.807) is 0 Å². The van der Waals surface area contributed by atoms with Crippen LogP contribution in [0.25, 0.3) is 0 Å². The average molecular weight is 437 g/mol. The summed E-state index contributed by atoms with van der Waals surface area (Å²) >= 11 is 19.8. The van der Waals surface area contributed by atoms with E-state index < -0.39 is 20.2 Å². The monoisotopic (exact) mass is 436 g/mol. The standard InChI is InChI=1S/3C3H5S2.Sb/c3*4-3-1-2-5-3;/h3*4H,1-2H2;. The van der Waals surface area contributed by atoms with E-state index in [4.69, 9.17) is 37.9 Å². The van der Waals surface area contributed by atoms with Crippen LogP contribution >= 0.6 is 73.2 Å². The van der Waals surface area contributed by atoms with Gasteiger partial charge in [-0.1, -0.05) is 0 Å². The minimum absolute atomic E-state index is 0.313. The topological polar surface area (TPSA) is 0 Å². The first-order valence-corrected chi connectivity index (χ1v) is 13.5. The van der Waals surface area contributed by atoms with Crippen molar-refractivity contribution < 1.29 is 0 Å². The van der Waals surface area contributed by atoms with Crippen molar-refractivity contribution in [3.63, 3.8) is 0 Å². The van der Waals surface area contributed by atoms with E-state index in [2.05, 4.69) is 35.3 Å². The zero-order chi connectivity index (χ0) is 11.4. The fraction of sp³-hybridized carbons (Fsp3) is 1.00. The van der Waals surface area contributed by atoms with Crippen LogP contribution in [-0.4, -0.2) is 43.5 Å². The van der Waals surface area contributed by atoms with Crippen molar-refractivity contribution in [2.75, 3.05) is 17.3 Å². The van der Waals surface area contributed by atoms with E-state index in [1.807, 2.05) is 0 Å². The molecule has 7 heteroatoms. The first-order chi connectivity index (χ1) is 7.49. The van der Waals surface area contributed by atoms with Crippen LogP contribution in [0, 0.1) is 0 Å². The van der Waals surface area contributed by atoms with Gasteiger partial charge in [-0.05, 0) is 0 Å². The van der Waals surface area contributed by atoms with Gasteiger partial charge in [-0.2, -0.15) is 0 Å². The fourth-order valence-corrected chi connectivity index (χ4v) is 39.2. The fourth-order valence-electron chi connectivity index (χ4n) is 2.20. The molecule has 0 spiro atoms. The first-order valence-electron chi connectivity index (χ1n) is 5.38. The Morgan fingerprint density at radius 3 is 1.06 bits per heavy atom. The van der Waals surface area contributed by atoms with Crippen molar-refractivity contribution in [3.05, 3.63) is 0 Å². The second-order valence-corrected chi connectivity index (χ2v) is 26.1. The predicted molar refractivity (Wildman–Crippen MR) is 92.1 cm³/mol. The molecule has 3 aliphatic rings. The normalized spacial score (nSPS) is 51.8. The van der Waals surface area contributed by atoms with E-state index in [0.29, 0.717) is 6.08 Å². The number of hydrogen-bond acceptors (Lipinski definition) is 6. The molecule has 3 fully saturated rings. The number of thioether (sulfide) groups is 3. The van der Waals surface area contributed by atoms with Gasteiger partial charge in [0, 0.05) is 0 Å². The molecule has 0 bridgehead atoms. The third-order valence-electron chi connectivity index (χ3n) is 3.33. The molecule has 3 rings (SSSR count). The maximum absolute atomic E-state index is 5.05. The van der Waals surface area contributed by atoms with Crippen LogP contribution in [0.2, 0.25) is 0 Å². The van der Waals surface area contributed by atoms with E-state index in [1.165, 1.54) is 36.5 Å². The molecule has 0 aromatic rings. The molecule has 3 aliphatic heterocycles. The summed E-state index contributed by atoms with van der Waals surface area (Å²) in [7, 11) is 0. The van der Waals surface area contributed by atoms with Crippen molar-refractivity contribution in [1.82, 2.24) is 0 Å². The zero-order valence-electron chi connectivity index (χ0n) is 8.76.